The molecule has 1 heterocycles. The summed E-state index contributed by atoms with van der Waals surface area (Å²) in [4.78, 5) is 4.61. The normalized spacial score (nSPS) is 12.8. The van der Waals surface area contributed by atoms with Gasteiger partial charge in [-0.2, -0.15) is 0 Å². The minimum atomic E-state index is 0.639. The van der Waals surface area contributed by atoms with E-state index in [0.29, 0.717) is 5.92 Å². The predicted octanol–water partition coefficient (Wildman–Crippen LogP) is 4.81. The second-order valence-electron chi connectivity index (χ2n) is 5.07. The first-order valence-electron chi connectivity index (χ1n) is 7.12. The second kappa shape index (κ2) is 6.78. The Kier molecular flexibility index (Phi) is 5.67. The molecule has 17 heavy (non-hydrogen) atoms. The summed E-state index contributed by atoms with van der Waals surface area (Å²) >= 11 is 0. The van der Waals surface area contributed by atoms with Crippen molar-refractivity contribution in [2.75, 3.05) is 0 Å². The van der Waals surface area contributed by atoms with Gasteiger partial charge in [0.15, 0.2) is 0 Å². The summed E-state index contributed by atoms with van der Waals surface area (Å²) in [7, 11) is 0. The highest BCUT2D eigenvalue weighted by Crippen LogP contribution is 2.28. The fraction of sp³-hybridized carbons (Fsp3) is 0.688. The lowest BCUT2D eigenvalue weighted by molar-refractivity contribution is 0.703. The summed E-state index contributed by atoms with van der Waals surface area (Å²) in [5.74, 6) is 0.639. The first-order chi connectivity index (χ1) is 8.15. The molecule has 1 aromatic heterocycles. The lowest BCUT2D eigenvalue weighted by atomic mass is 9.88. The van der Waals surface area contributed by atoms with Crippen molar-refractivity contribution in [3.63, 3.8) is 0 Å². The Labute approximate surface area is 107 Å². The van der Waals surface area contributed by atoms with E-state index in [2.05, 4.69) is 45.8 Å². The van der Waals surface area contributed by atoms with Gasteiger partial charge in [0.2, 0.25) is 0 Å². The molecule has 1 rings (SSSR count). The van der Waals surface area contributed by atoms with Crippen LogP contribution in [0.3, 0.4) is 0 Å². The van der Waals surface area contributed by atoms with Crippen LogP contribution in [-0.2, 0) is 12.8 Å². The maximum Gasteiger partial charge on any atom is 0.0407 e. The number of aromatic nitrogens is 1. The van der Waals surface area contributed by atoms with Crippen LogP contribution in [0, 0.1) is 6.92 Å². The third-order valence-corrected chi connectivity index (χ3v) is 3.69. The zero-order chi connectivity index (χ0) is 12.8. The molecule has 0 spiro atoms. The highest BCUT2D eigenvalue weighted by Gasteiger charge is 2.14. The molecule has 0 aromatic carbocycles. The highest BCUT2D eigenvalue weighted by atomic mass is 14.7. The fourth-order valence-corrected chi connectivity index (χ4v) is 2.49. The van der Waals surface area contributed by atoms with Gasteiger partial charge in [-0.05, 0) is 48.8 Å². The van der Waals surface area contributed by atoms with E-state index in [1.54, 1.807) is 5.56 Å². The lowest BCUT2D eigenvalue weighted by Gasteiger charge is -2.19. The van der Waals surface area contributed by atoms with Crippen molar-refractivity contribution in [1.82, 2.24) is 4.98 Å². The number of hydrogen-bond acceptors (Lipinski definition) is 1. The second-order valence-corrected chi connectivity index (χ2v) is 5.07. The van der Waals surface area contributed by atoms with E-state index < -0.39 is 0 Å². The monoisotopic (exact) mass is 233 g/mol. The van der Waals surface area contributed by atoms with E-state index in [9.17, 15) is 0 Å². The fourth-order valence-electron chi connectivity index (χ4n) is 2.49. The van der Waals surface area contributed by atoms with E-state index in [0.717, 1.165) is 0 Å². The minimum absolute atomic E-state index is 0.639. The first-order valence-corrected chi connectivity index (χ1v) is 7.12. The van der Waals surface area contributed by atoms with Crippen molar-refractivity contribution in [3.05, 3.63) is 28.6 Å². The zero-order valence-electron chi connectivity index (χ0n) is 12.1. The topological polar surface area (TPSA) is 12.9 Å². The molecule has 0 aliphatic heterocycles. The SMILES string of the molecule is CCCc1c(C(C)CC)cnc(C)c1CCC. The Balaban J connectivity index is 3.25. The van der Waals surface area contributed by atoms with E-state index >= 15 is 0 Å². The lowest BCUT2D eigenvalue weighted by Crippen LogP contribution is -2.07. The molecule has 0 radical (unpaired) electrons. The van der Waals surface area contributed by atoms with Gasteiger partial charge in [-0.1, -0.05) is 40.5 Å². The summed E-state index contributed by atoms with van der Waals surface area (Å²) < 4.78 is 0. The highest BCUT2D eigenvalue weighted by molar-refractivity contribution is 5.38. The Morgan fingerprint density at radius 1 is 1.06 bits per heavy atom. The summed E-state index contributed by atoms with van der Waals surface area (Å²) in [5, 5.41) is 0. The largest absolute Gasteiger partial charge is 0.261 e. The van der Waals surface area contributed by atoms with Crippen molar-refractivity contribution in [1.29, 1.82) is 0 Å². The van der Waals surface area contributed by atoms with Crippen molar-refractivity contribution < 1.29 is 0 Å². The van der Waals surface area contributed by atoms with Gasteiger partial charge >= 0.3 is 0 Å². The van der Waals surface area contributed by atoms with Gasteiger partial charge in [-0.3, -0.25) is 4.98 Å². The molecule has 0 N–H and O–H groups in total. The van der Waals surface area contributed by atoms with Crippen molar-refractivity contribution in [2.24, 2.45) is 0 Å². The minimum Gasteiger partial charge on any atom is -0.261 e. The molecule has 0 aliphatic rings. The van der Waals surface area contributed by atoms with Crippen LogP contribution in [-0.4, -0.2) is 4.98 Å². The van der Waals surface area contributed by atoms with Crippen LogP contribution in [0.1, 0.15) is 75.3 Å². The van der Waals surface area contributed by atoms with Gasteiger partial charge in [0, 0.05) is 11.9 Å². The number of nitrogens with zero attached hydrogens (tertiary/aromatic N) is 1. The van der Waals surface area contributed by atoms with Gasteiger partial charge in [0.05, 0.1) is 0 Å². The molecule has 0 fully saturated rings. The standard InChI is InChI=1S/C16H27N/c1-6-9-14-13(5)17-11-16(12(4)8-3)15(14)10-7-2/h11-12H,6-10H2,1-5H3. The van der Waals surface area contributed by atoms with Crippen LogP contribution < -0.4 is 0 Å². The molecule has 1 aromatic rings. The van der Waals surface area contributed by atoms with Crippen LogP contribution in [0.4, 0.5) is 0 Å². The molecule has 0 aliphatic carbocycles. The first kappa shape index (κ1) is 14.2. The van der Waals surface area contributed by atoms with Gasteiger partial charge in [-0.15, -0.1) is 0 Å². The third-order valence-electron chi connectivity index (χ3n) is 3.69. The summed E-state index contributed by atoms with van der Waals surface area (Å²) in [6, 6.07) is 0. The average molecular weight is 233 g/mol. The number of rotatable bonds is 6. The Morgan fingerprint density at radius 3 is 2.18 bits per heavy atom. The smallest absolute Gasteiger partial charge is 0.0407 e. The van der Waals surface area contributed by atoms with Crippen molar-refractivity contribution in [2.45, 2.75) is 72.6 Å². The van der Waals surface area contributed by atoms with Crippen LogP contribution in [0.15, 0.2) is 6.20 Å². The Bertz CT molecular complexity index is 355. The van der Waals surface area contributed by atoms with Crippen LogP contribution >= 0.6 is 0 Å². The van der Waals surface area contributed by atoms with Gasteiger partial charge in [-0.25, -0.2) is 0 Å². The quantitative estimate of drug-likeness (QED) is 0.687. The Hall–Kier alpha value is -0.850. The number of pyridine rings is 1. The van der Waals surface area contributed by atoms with E-state index in [1.807, 2.05) is 0 Å². The number of aryl methyl sites for hydroxylation is 1. The van der Waals surface area contributed by atoms with E-state index in [1.165, 1.54) is 48.9 Å². The van der Waals surface area contributed by atoms with Crippen LogP contribution in [0.5, 0.6) is 0 Å². The summed E-state index contributed by atoms with van der Waals surface area (Å²) in [5.41, 5.74) is 5.84. The average Bonchev–Trinajstić information content (AvgIpc) is 2.33. The van der Waals surface area contributed by atoms with Crippen LogP contribution in [0.25, 0.3) is 0 Å². The third kappa shape index (κ3) is 3.31. The summed E-state index contributed by atoms with van der Waals surface area (Å²) in [6.07, 6.45) is 8.14. The molecule has 0 bridgehead atoms. The van der Waals surface area contributed by atoms with Crippen molar-refractivity contribution >= 4 is 0 Å². The molecule has 0 saturated heterocycles. The van der Waals surface area contributed by atoms with Crippen LogP contribution in [0.2, 0.25) is 0 Å². The molecule has 96 valence electrons. The molecule has 1 heteroatoms. The molecule has 1 nitrogen and oxygen atoms in total. The molecular formula is C16H27N. The molecule has 1 unspecified atom stereocenters. The number of hydrogen-bond donors (Lipinski definition) is 0. The summed E-state index contributed by atoms with van der Waals surface area (Å²) in [6.45, 7) is 11.3. The van der Waals surface area contributed by atoms with Crippen molar-refractivity contribution in [3.8, 4) is 0 Å². The predicted molar refractivity (Wildman–Crippen MR) is 75.7 cm³/mol. The molecule has 0 amide bonds. The maximum atomic E-state index is 4.61. The van der Waals surface area contributed by atoms with Gasteiger partial charge in [0.25, 0.3) is 0 Å². The maximum absolute atomic E-state index is 4.61. The van der Waals surface area contributed by atoms with E-state index in [4.69, 9.17) is 0 Å². The molecule has 0 saturated carbocycles. The van der Waals surface area contributed by atoms with Gasteiger partial charge in [0.1, 0.15) is 0 Å². The van der Waals surface area contributed by atoms with E-state index in [-0.39, 0.29) is 0 Å². The molecule has 1 atom stereocenters. The molecular weight excluding hydrogens is 206 g/mol. The van der Waals surface area contributed by atoms with Gasteiger partial charge < -0.3 is 0 Å². The zero-order valence-corrected chi connectivity index (χ0v) is 12.1. The Morgan fingerprint density at radius 2 is 1.65 bits per heavy atom.